The van der Waals surface area contributed by atoms with E-state index in [9.17, 15) is 9.59 Å². The molecule has 8 nitrogen and oxygen atoms in total. The van der Waals surface area contributed by atoms with Crippen LogP contribution in [0.1, 0.15) is 13.8 Å². The minimum Gasteiger partial charge on any atom is -0.383 e. The second kappa shape index (κ2) is 6.77. The number of ether oxygens (including phenoxy) is 1. The Morgan fingerprint density at radius 1 is 1.38 bits per heavy atom. The molecule has 0 bridgehead atoms. The number of hydrogen-bond donors (Lipinski definition) is 3. The van der Waals surface area contributed by atoms with Crippen molar-refractivity contribution in [3.05, 3.63) is 20.8 Å². The van der Waals surface area contributed by atoms with Crippen molar-refractivity contribution < 1.29 is 4.74 Å². The number of nitrogens with zero attached hydrogens (tertiary/aromatic N) is 2. The minimum atomic E-state index is -0.480. The van der Waals surface area contributed by atoms with Crippen LogP contribution in [0.5, 0.6) is 0 Å². The van der Waals surface area contributed by atoms with Crippen LogP contribution >= 0.6 is 0 Å². The van der Waals surface area contributed by atoms with Gasteiger partial charge >= 0.3 is 5.69 Å². The van der Waals surface area contributed by atoms with Crippen molar-refractivity contribution in [3.63, 3.8) is 0 Å². The average Bonchev–Trinajstić information content (AvgIpc) is 2.45. The van der Waals surface area contributed by atoms with Gasteiger partial charge < -0.3 is 15.8 Å². The smallest absolute Gasteiger partial charge is 0.330 e. The van der Waals surface area contributed by atoms with Gasteiger partial charge in [-0.15, -0.1) is 0 Å². The lowest BCUT2D eigenvalue weighted by Gasteiger charge is -2.29. The number of H-pyrrole nitrogens is 1. The second-order valence-corrected chi connectivity index (χ2v) is 5.22. The molecule has 0 aromatic carbocycles. The summed E-state index contributed by atoms with van der Waals surface area (Å²) in [7, 11) is 0. The van der Waals surface area contributed by atoms with E-state index >= 15 is 0 Å². The Balaban J connectivity index is 2.11. The third kappa shape index (κ3) is 3.64. The standard InChI is InChI=1S/C13H23N5O3/c1-3-18-11(14)10(12(19)16-13(18)20)15-9(2)8-17-4-6-21-7-5-17/h9,15H,3-8,14H2,1-2H3,(H,16,19,20). The van der Waals surface area contributed by atoms with Gasteiger partial charge in [0.1, 0.15) is 11.5 Å². The van der Waals surface area contributed by atoms with Crippen LogP contribution in [0, 0.1) is 0 Å². The Bertz CT molecular complexity index is 588. The molecule has 8 heteroatoms. The zero-order valence-corrected chi connectivity index (χ0v) is 12.5. The fourth-order valence-electron chi connectivity index (χ4n) is 2.50. The van der Waals surface area contributed by atoms with Crippen LogP contribution in [0.25, 0.3) is 0 Å². The third-order valence-electron chi connectivity index (χ3n) is 3.58. The van der Waals surface area contributed by atoms with E-state index in [1.54, 1.807) is 6.92 Å². The van der Waals surface area contributed by atoms with Crippen molar-refractivity contribution in [2.24, 2.45) is 0 Å². The molecular formula is C13H23N5O3. The van der Waals surface area contributed by atoms with E-state index in [1.807, 2.05) is 6.92 Å². The molecule has 1 fully saturated rings. The number of anilines is 2. The summed E-state index contributed by atoms with van der Waals surface area (Å²) in [5.41, 5.74) is 5.23. The second-order valence-electron chi connectivity index (χ2n) is 5.22. The molecule has 1 atom stereocenters. The summed E-state index contributed by atoms with van der Waals surface area (Å²) in [6.07, 6.45) is 0. The monoisotopic (exact) mass is 297 g/mol. The zero-order valence-electron chi connectivity index (χ0n) is 12.5. The normalized spacial score (nSPS) is 17.6. The van der Waals surface area contributed by atoms with E-state index in [1.165, 1.54) is 4.57 Å². The maximum Gasteiger partial charge on any atom is 0.330 e. The van der Waals surface area contributed by atoms with Crippen molar-refractivity contribution in [3.8, 4) is 0 Å². The Hall–Kier alpha value is -1.80. The van der Waals surface area contributed by atoms with Crippen LogP contribution < -0.4 is 22.3 Å². The molecule has 1 saturated heterocycles. The molecule has 0 aliphatic carbocycles. The highest BCUT2D eigenvalue weighted by molar-refractivity contribution is 5.60. The third-order valence-corrected chi connectivity index (χ3v) is 3.58. The molecule has 1 aliphatic heterocycles. The summed E-state index contributed by atoms with van der Waals surface area (Å²) < 4.78 is 6.64. The van der Waals surface area contributed by atoms with Crippen molar-refractivity contribution in [2.45, 2.75) is 26.4 Å². The van der Waals surface area contributed by atoms with Crippen LogP contribution in [-0.4, -0.2) is 53.3 Å². The average molecular weight is 297 g/mol. The van der Waals surface area contributed by atoms with E-state index < -0.39 is 11.2 Å². The molecule has 1 aliphatic rings. The van der Waals surface area contributed by atoms with E-state index in [2.05, 4.69) is 15.2 Å². The number of rotatable bonds is 5. The topological polar surface area (TPSA) is 105 Å². The Labute approximate surface area is 122 Å². The van der Waals surface area contributed by atoms with Gasteiger partial charge in [-0.1, -0.05) is 0 Å². The maximum atomic E-state index is 11.9. The number of nitrogens with two attached hydrogens (primary N) is 1. The van der Waals surface area contributed by atoms with Crippen molar-refractivity contribution in [1.29, 1.82) is 0 Å². The lowest BCUT2D eigenvalue weighted by Crippen LogP contribution is -2.43. The fraction of sp³-hybridized carbons (Fsp3) is 0.692. The van der Waals surface area contributed by atoms with Crippen LogP contribution in [-0.2, 0) is 11.3 Å². The first-order valence-corrected chi connectivity index (χ1v) is 7.22. The van der Waals surface area contributed by atoms with Crippen molar-refractivity contribution in [1.82, 2.24) is 14.5 Å². The summed E-state index contributed by atoms with van der Waals surface area (Å²) >= 11 is 0. The van der Waals surface area contributed by atoms with Crippen LogP contribution in [0.4, 0.5) is 11.5 Å². The van der Waals surface area contributed by atoms with Gasteiger partial charge in [-0.25, -0.2) is 4.79 Å². The van der Waals surface area contributed by atoms with Crippen LogP contribution in [0.15, 0.2) is 9.59 Å². The lowest BCUT2D eigenvalue weighted by molar-refractivity contribution is 0.0368. The molecule has 2 rings (SSSR count). The molecule has 118 valence electrons. The minimum absolute atomic E-state index is 0.0364. The Kier molecular flexibility index (Phi) is 5.03. The quantitative estimate of drug-likeness (QED) is 0.662. The highest BCUT2D eigenvalue weighted by Gasteiger charge is 2.17. The van der Waals surface area contributed by atoms with Gasteiger partial charge in [0.25, 0.3) is 5.56 Å². The summed E-state index contributed by atoms with van der Waals surface area (Å²) in [5, 5.41) is 3.12. The summed E-state index contributed by atoms with van der Waals surface area (Å²) in [5.74, 6) is 0.181. The molecule has 4 N–H and O–H groups in total. The number of hydrogen-bond acceptors (Lipinski definition) is 6. The van der Waals surface area contributed by atoms with Gasteiger partial charge in [-0.2, -0.15) is 0 Å². The molecule has 0 saturated carbocycles. The molecule has 0 radical (unpaired) electrons. The molecule has 2 heterocycles. The number of morpholine rings is 1. The van der Waals surface area contributed by atoms with Gasteiger partial charge in [0.15, 0.2) is 0 Å². The lowest BCUT2D eigenvalue weighted by atomic mass is 10.2. The van der Waals surface area contributed by atoms with Crippen molar-refractivity contribution >= 4 is 11.5 Å². The Morgan fingerprint density at radius 3 is 2.67 bits per heavy atom. The van der Waals surface area contributed by atoms with Gasteiger partial charge in [-0.3, -0.25) is 19.2 Å². The number of nitrogen functional groups attached to an aromatic ring is 1. The molecule has 0 amide bonds. The first-order chi connectivity index (χ1) is 10.0. The van der Waals surface area contributed by atoms with Gasteiger partial charge in [-0.05, 0) is 13.8 Å². The zero-order chi connectivity index (χ0) is 15.4. The molecule has 21 heavy (non-hydrogen) atoms. The number of nitrogens with one attached hydrogen (secondary N) is 2. The first-order valence-electron chi connectivity index (χ1n) is 7.22. The summed E-state index contributed by atoms with van der Waals surface area (Å²) in [4.78, 5) is 28.1. The van der Waals surface area contributed by atoms with Crippen LogP contribution in [0.2, 0.25) is 0 Å². The van der Waals surface area contributed by atoms with Crippen molar-refractivity contribution in [2.75, 3.05) is 43.9 Å². The Morgan fingerprint density at radius 2 is 2.05 bits per heavy atom. The maximum absolute atomic E-state index is 11.9. The molecule has 0 spiro atoms. The van der Waals surface area contributed by atoms with Crippen LogP contribution in [0.3, 0.4) is 0 Å². The molecule has 1 unspecified atom stereocenters. The highest BCUT2D eigenvalue weighted by Crippen LogP contribution is 2.12. The van der Waals surface area contributed by atoms with E-state index in [0.717, 1.165) is 32.8 Å². The predicted molar refractivity (Wildman–Crippen MR) is 81.8 cm³/mol. The first kappa shape index (κ1) is 15.6. The number of aromatic amines is 1. The molecular weight excluding hydrogens is 274 g/mol. The van der Waals surface area contributed by atoms with Gasteiger partial charge in [0.2, 0.25) is 0 Å². The van der Waals surface area contributed by atoms with E-state index in [-0.39, 0.29) is 17.5 Å². The molecule has 1 aromatic rings. The number of aromatic nitrogens is 2. The van der Waals surface area contributed by atoms with Gasteiger partial charge in [0, 0.05) is 32.2 Å². The van der Waals surface area contributed by atoms with E-state index in [4.69, 9.17) is 10.5 Å². The van der Waals surface area contributed by atoms with Gasteiger partial charge in [0.05, 0.1) is 13.2 Å². The summed E-state index contributed by atoms with van der Waals surface area (Å²) in [6.45, 7) is 8.21. The molecule has 1 aromatic heterocycles. The SMILES string of the molecule is CCn1c(N)c(NC(C)CN2CCOCC2)c(=O)[nH]c1=O. The summed E-state index contributed by atoms with van der Waals surface area (Å²) in [6, 6.07) is 0.0364. The predicted octanol–water partition coefficient (Wildman–Crippen LogP) is -0.729. The highest BCUT2D eigenvalue weighted by atomic mass is 16.5. The largest absolute Gasteiger partial charge is 0.383 e. The fourth-order valence-corrected chi connectivity index (χ4v) is 2.50. The van der Waals surface area contributed by atoms with E-state index in [0.29, 0.717) is 6.54 Å².